The van der Waals surface area contributed by atoms with E-state index in [9.17, 15) is 9.90 Å². The quantitative estimate of drug-likeness (QED) is 0.344. The zero-order valence-corrected chi connectivity index (χ0v) is 20.9. The summed E-state index contributed by atoms with van der Waals surface area (Å²) in [5.74, 6) is 0.142. The number of methoxy groups -OCH3 is 1. The van der Waals surface area contributed by atoms with Gasteiger partial charge in [0.15, 0.2) is 0 Å². The molecule has 1 aliphatic heterocycles. The molecular formula is C28H35FN4O3. The molecule has 3 atom stereocenters. The summed E-state index contributed by atoms with van der Waals surface area (Å²) >= 11 is 0. The van der Waals surface area contributed by atoms with E-state index in [0.717, 1.165) is 61.9 Å². The van der Waals surface area contributed by atoms with Gasteiger partial charge in [-0.1, -0.05) is 0 Å². The number of carboxylic acids is 1. The molecule has 36 heavy (non-hydrogen) atoms. The van der Waals surface area contributed by atoms with Gasteiger partial charge in [-0.2, -0.15) is 0 Å². The highest BCUT2D eigenvalue weighted by Crippen LogP contribution is 2.36. The molecule has 1 unspecified atom stereocenters. The van der Waals surface area contributed by atoms with Gasteiger partial charge >= 0.3 is 5.97 Å². The normalized spacial score (nSPS) is 19.3. The maximum Gasteiger partial charge on any atom is 0.303 e. The van der Waals surface area contributed by atoms with Crippen molar-refractivity contribution in [2.24, 2.45) is 11.8 Å². The predicted octanol–water partition coefficient (Wildman–Crippen LogP) is 5.26. The van der Waals surface area contributed by atoms with Crippen molar-refractivity contribution >= 4 is 16.9 Å². The SMILES string of the molecule is COc1ccc2nccc(C(F)CC[C@@H]3CCN(CCCCc4cnccn4)C[C@@H]3CC(=O)O)c2c1. The number of hydrogen-bond donors (Lipinski definition) is 1. The zero-order chi connectivity index (χ0) is 25.3. The number of hydrogen-bond acceptors (Lipinski definition) is 6. The Hall–Kier alpha value is -3.13. The average Bonchev–Trinajstić information content (AvgIpc) is 2.90. The number of unbranched alkanes of at least 4 members (excludes halogenated alkanes) is 1. The fourth-order valence-electron chi connectivity index (χ4n) is 5.36. The molecule has 4 rings (SSSR count). The van der Waals surface area contributed by atoms with Crippen LogP contribution in [0.1, 0.15) is 56.0 Å². The number of pyridine rings is 1. The molecule has 1 fully saturated rings. The summed E-state index contributed by atoms with van der Waals surface area (Å²) in [6, 6.07) is 7.24. The number of aliphatic carboxylic acids is 1. The number of aryl methyl sites for hydroxylation is 1. The zero-order valence-electron chi connectivity index (χ0n) is 20.9. The summed E-state index contributed by atoms with van der Waals surface area (Å²) in [5, 5.41) is 10.3. The van der Waals surface area contributed by atoms with E-state index in [1.54, 1.807) is 38.0 Å². The third-order valence-corrected chi connectivity index (χ3v) is 7.30. The second-order valence-electron chi connectivity index (χ2n) is 9.69. The lowest BCUT2D eigenvalue weighted by molar-refractivity contribution is -0.139. The summed E-state index contributed by atoms with van der Waals surface area (Å²) in [5.41, 5.74) is 2.36. The van der Waals surface area contributed by atoms with Gasteiger partial charge in [0.25, 0.3) is 0 Å². The Labute approximate surface area is 211 Å². The summed E-state index contributed by atoms with van der Waals surface area (Å²) in [7, 11) is 1.59. The van der Waals surface area contributed by atoms with E-state index < -0.39 is 12.1 Å². The first kappa shape index (κ1) is 25.9. The Morgan fingerprint density at radius 1 is 1.19 bits per heavy atom. The minimum atomic E-state index is -1.13. The summed E-state index contributed by atoms with van der Waals surface area (Å²) in [4.78, 5) is 26.7. The Morgan fingerprint density at radius 3 is 2.86 bits per heavy atom. The number of piperidine rings is 1. The monoisotopic (exact) mass is 494 g/mol. The smallest absolute Gasteiger partial charge is 0.303 e. The first-order valence-corrected chi connectivity index (χ1v) is 12.8. The van der Waals surface area contributed by atoms with Gasteiger partial charge in [-0.15, -0.1) is 0 Å². The standard InChI is InChI=1S/C28H35FN4O3/c1-36-23-6-8-27-25(17-23)24(9-11-32-27)26(29)7-5-20-10-15-33(19-21(20)16-28(34)35)14-3-2-4-22-18-30-12-13-31-22/h6,8-9,11-13,17-18,20-21,26H,2-5,7,10,14-16,19H2,1H3,(H,34,35)/t20-,21+,26?/m1/s1. The van der Waals surface area contributed by atoms with Gasteiger partial charge in [-0.3, -0.25) is 19.7 Å². The molecule has 0 amide bonds. The van der Waals surface area contributed by atoms with E-state index in [4.69, 9.17) is 4.74 Å². The molecule has 0 saturated carbocycles. The lowest BCUT2D eigenvalue weighted by Crippen LogP contribution is -2.41. The summed E-state index contributed by atoms with van der Waals surface area (Å²) in [6.45, 7) is 2.63. The number of halogens is 1. The molecular weight excluding hydrogens is 459 g/mol. The van der Waals surface area contributed by atoms with Crippen LogP contribution in [0, 0.1) is 11.8 Å². The van der Waals surface area contributed by atoms with Crippen LogP contribution in [-0.2, 0) is 11.2 Å². The van der Waals surface area contributed by atoms with E-state index >= 15 is 4.39 Å². The molecule has 1 aromatic carbocycles. The number of carboxylic acid groups (broad SMARTS) is 1. The van der Waals surface area contributed by atoms with Crippen LogP contribution in [0.4, 0.5) is 4.39 Å². The predicted molar refractivity (Wildman–Crippen MR) is 137 cm³/mol. The minimum Gasteiger partial charge on any atom is -0.497 e. The first-order chi connectivity index (χ1) is 17.5. The van der Waals surface area contributed by atoms with Gasteiger partial charge in [0, 0.05) is 43.1 Å². The van der Waals surface area contributed by atoms with Crippen LogP contribution in [0.5, 0.6) is 5.75 Å². The maximum atomic E-state index is 15.5. The lowest BCUT2D eigenvalue weighted by Gasteiger charge is -2.38. The van der Waals surface area contributed by atoms with Crippen molar-refractivity contribution in [3.63, 3.8) is 0 Å². The molecule has 3 aromatic rings. The molecule has 7 nitrogen and oxygen atoms in total. The van der Waals surface area contributed by atoms with Crippen molar-refractivity contribution in [3.05, 3.63) is 60.3 Å². The van der Waals surface area contributed by atoms with Crippen LogP contribution in [0.15, 0.2) is 49.1 Å². The van der Waals surface area contributed by atoms with Crippen LogP contribution in [0.3, 0.4) is 0 Å². The van der Waals surface area contributed by atoms with E-state index in [2.05, 4.69) is 19.9 Å². The highest BCUT2D eigenvalue weighted by molar-refractivity contribution is 5.83. The molecule has 0 radical (unpaired) electrons. The van der Waals surface area contributed by atoms with Crippen LogP contribution in [-0.4, -0.2) is 57.7 Å². The Bertz CT molecular complexity index is 1130. The number of fused-ring (bicyclic) bond motifs is 1. The first-order valence-electron chi connectivity index (χ1n) is 12.8. The molecule has 3 heterocycles. The molecule has 1 saturated heterocycles. The fourth-order valence-corrected chi connectivity index (χ4v) is 5.36. The van der Waals surface area contributed by atoms with Gasteiger partial charge < -0.3 is 14.7 Å². The van der Waals surface area contributed by atoms with Crippen molar-refractivity contribution in [1.82, 2.24) is 19.9 Å². The molecule has 192 valence electrons. The van der Waals surface area contributed by atoms with E-state index in [-0.39, 0.29) is 18.3 Å². The van der Waals surface area contributed by atoms with Crippen molar-refractivity contribution in [2.75, 3.05) is 26.7 Å². The number of ether oxygens (including phenoxy) is 1. The van der Waals surface area contributed by atoms with Crippen LogP contribution in [0.2, 0.25) is 0 Å². The van der Waals surface area contributed by atoms with Crippen molar-refractivity contribution in [2.45, 2.75) is 51.1 Å². The molecule has 1 aliphatic rings. The Balaban J connectivity index is 1.31. The van der Waals surface area contributed by atoms with Crippen LogP contribution in [0.25, 0.3) is 10.9 Å². The molecule has 0 aliphatic carbocycles. The second kappa shape index (κ2) is 12.7. The third kappa shape index (κ3) is 6.97. The number of rotatable bonds is 12. The van der Waals surface area contributed by atoms with Crippen molar-refractivity contribution < 1.29 is 19.0 Å². The maximum absolute atomic E-state index is 15.5. The van der Waals surface area contributed by atoms with Gasteiger partial charge in [-0.05, 0) is 93.3 Å². The highest BCUT2D eigenvalue weighted by atomic mass is 19.1. The van der Waals surface area contributed by atoms with Gasteiger partial charge in [0.2, 0.25) is 0 Å². The molecule has 0 bridgehead atoms. The van der Waals surface area contributed by atoms with Gasteiger partial charge in [0.05, 0.1) is 18.3 Å². The Morgan fingerprint density at radius 2 is 2.08 bits per heavy atom. The lowest BCUT2D eigenvalue weighted by atomic mass is 9.79. The Kier molecular flexibility index (Phi) is 9.17. The number of benzene rings is 1. The van der Waals surface area contributed by atoms with Gasteiger partial charge in [0.1, 0.15) is 11.9 Å². The fraction of sp³-hybridized carbons (Fsp3) is 0.500. The van der Waals surface area contributed by atoms with E-state index in [1.165, 1.54) is 0 Å². The summed E-state index contributed by atoms with van der Waals surface area (Å²) in [6.07, 6.45) is 10.7. The van der Waals surface area contributed by atoms with Gasteiger partial charge in [-0.25, -0.2) is 4.39 Å². The van der Waals surface area contributed by atoms with E-state index in [0.29, 0.717) is 24.2 Å². The number of nitrogens with zero attached hydrogens (tertiary/aromatic N) is 4. The van der Waals surface area contributed by atoms with Crippen LogP contribution < -0.4 is 4.74 Å². The highest BCUT2D eigenvalue weighted by Gasteiger charge is 2.31. The largest absolute Gasteiger partial charge is 0.497 e. The third-order valence-electron chi connectivity index (χ3n) is 7.30. The summed E-state index contributed by atoms with van der Waals surface area (Å²) < 4.78 is 20.8. The molecule has 2 aromatic heterocycles. The van der Waals surface area contributed by atoms with E-state index in [1.807, 2.05) is 18.2 Å². The molecule has 8 heteroatoms. The van der Waals surface area contributed by atoms with Crippen LogP contribution >= 0.6 is 0 Å². The van der Waals surface area contributed by atoms with Crippen molar-refractivity contribution in [3.8, 4) is 5.75 Å². The number of carbonyl (C=O) groups is 1. The average molecular weight is 495 g/mol. The number of likely N-dealkylation sites (tertiary alicyclic amines) is 1. The molecule has 1 N–H and O–H groups in total. The van der Waals surface area contributed by atoms with Crippen molar-refractivity contribution in [1.29, 1.82) is 0 Å². The number of alkyl halides is 1. The minimum absolute atomic E-state index is 0.0396. The molecule has 0 spiro atoms. The second-order valence-corrected chi connectivity index (χ2v) is 9.69. The topological polar surface area (TPSA) is 88.4 Å². The number of aromatic nitrogens is 3.